The molecule has 1 saturated carbocycles. The summed E-state index contributed by atoms with van der Waals surface area (Å²) in [6.45, 7) is -0.0961. The summed E-state index contributed by atoms with van der Waals surface area (Å²) >= 11 is 0. The summed E-state index contributed by atoms with van der Waals surface area (Å²) in [4.78, 5) is 28.7. The highest BCUT2D eigenvalue weighted by molar-refractivity contribution is 5.96. The molecule has 1 fully saturated rings. The average Bonchev–Trinajstić information content (AvgIpc) is 3.76. The summed E-state index contributed by atoms with van der Waals surface area (Å²) in [5, 5.41) is 33.6. The fourth-order valence-electron chi connectivity index (χ4n) is 5.67. The molecule has 40 heavy (non-hydrogen) atoms. The second kappa shape index (κ2) is 11.9. The maximum absolute atomic E-state index is 13.6. The quantitative estimate of drug-likeness (QED) is 0.327. The summed E-state index contributed by atoms with van der Waals surface area (Å²) in [5.41, 5.74) is 2.51. The lowest BCUT2D eigenvalue weighted by Gasteiger charge is -2.41. The van der Waals surface area contributed by atoms with E-state index < -0.39 is 30.1 Å². The number of carbonyl (C=O) groups is 2. The van der Waals surface area contributed by atoms with E-state index >= 15 is 0 Å². The van der Waals surface area contributed by atoms with Crippen LogP contribution < -0.4 is 19.5 Å². The van der Waals surface area contributed by atoms with Gasteiger partial charge in [-0.05, 0) is 60.7 Å². The zero-order chi connectivity index (χ0) is 28.4. The third kappa shape index (κ3) is 5.39. The normalized spacial score (nSPS) is 22.9. The van der Waals surface area contributed by atoms with Gasteiger partial charge < -0.3 is 39.7 Å². The van der Waals surface area contributed by atoms with Gasteiger partial charge in [0.2, 0.25) is 11.8 Å². The Morgan fingerprint density at radius 1 is 1.10 bits per heavy atom. The van der Waals surface area contributed by atoms with Crippen molar-refractivity contribution in [1.82, 2.24) is 10.2 Å². The molecular formula is C30H36N2O8. The van der Waals surface area contributed by atoms with Crippen LogP contribution in [0, 0.1) is 5.92 Å². The zero-order valence-corrected chi connectivity index (χ0v) is 22.7. The molecule has 4 atom stereocenters. The maximum atomic E-state index is 13.6. The number of ether oxygens (including phenoxy) is 3. The van der Waals surface area contributed by atoms with Crippen molar-refractivity contribution in [2.75, 3.05) is 33.9 Å². The predicted molar refractivity (Wildman–Crippen MR) is 145 cm³/mol. The van der Waals surface area contributed by atoms with Crippen LogP contribution in [0.4, 0.5) is 0 Å². The molecule has 0 bridgehead atoms. The molecule has 4 N–H and O–H groups in total. The van der Waals surface area contributed by atoms with Gasteiger partial charge in [-0.3, -0.25) is 9.59 Å². The standard InChI is InChI=1S/C30H36N2O8/c1-38-20-5-3-4-17(12-20)8-10-32(30(37)19-6-7-19)23-15-22(29(36)31-9-11-33)25-21-13-18(16-34)14-24(39-2)27(21)40-28(25)26(23)35/h3-5,12-15,19,23,25-26,28,33-35H,6-11,16H2,1-2H3,(H,31,36)/t23-,25+,26+,28+/m1/s1. The first-order valence-electron chi connectivity index (χ1n) is 13.6. The molecule has 10 nitrogen and oxygen atoms in total. The van der Waals surface area contributed by atoms with Gasteiger partial charge in [0.05, 0.1) is 39.4 Å². The van der Waals surface area contributed by atoms with Gasteiger partial charge in [-0.15, -0.1) is 0 Å². The van der Waals surface area contributed by atoms with E-state index in [1.54, 1.807) is 30.2 Å². The molecule has 214 valence electrons. The molecule has 2 aliphatic carbocycles. The van der Waals surface area contributed by atoms with Crippen molar-refractivity contribution in [3.05, 3.63) is 64.7 Å². The Morgan fingerprint density at radius 2 is 1.90 bits per heavy atom. The molecule has 2 amide bonds. The van der Waals surface area contributed by atoms with Crippen LogP contribution in [0.15, 0.2) is 48.0 Å². The number of rotatable bonds is 11. The predicted octanol–water partition coefficient (Wildman–Crippen LogP) is 1.30. The zero-order valence-electron chi connectivity index (χ0n) is 22.7. The van der Waals surface area contributed by atoms with Crippen LogP contribution in [-0.2, 0) is 22.6 Å². The number of carbonyl (C=O) groups excluding carboxylic acids is 2. The van der Waals surface area contributed by atoms with Gasteiger partial charge in [-0.1, -0.05) is 12.1 Å². The molecule has 2 aromatic carbocycles. The number of aliphatic hydroxyl groups is 3. The van der Waals surface area contributed by atoms with Gasteiger partial charge in [-0.2, -0.15) is 0 Å². The minimum Gasteiger partial charge on any atom is -0.497 e. The molecule has 5 rings (SSSR count). The van der Waals surface area contributed by atoms with Crippen molar-refractivity contribution in [3.8, 4) is 17.2 Å². The third-order valence-electron chi connectivity index (χ3n) is 7.84. The fourth-order valence-corrected chi connectivity index (χ4v) is 5.67. The van der Waals surface area contributed by atoms with E-state index in [0.717, 1.165) is 18.4 Å². The Morgan fingerprint density at radius 3 is 2.58 bits per heavy atom. The number of nitrogens with zero attached hydrogens (tertiary/aromatic N) is 1. The van der Waals surface area contributed by atoms with E-state index in [4.69, 9.17) is 14.2 Å². The number of fused-ring (bicyclic) bond motifs is 3. The van der Waals surface area contributed by atoms with Crippen LogP contribution in [0.3, 0.4) is 0 Å². The molecule has 0 unspecified atom stereocenters. The number of nitrogens with one attached hydrogen (secondary N) is 1. The Bertz CT molecular complexity index is 1290. The summed E-state index contributed by atoms with van der Waals surface area (Å²) in [6, 6.07) is 10.2. The van der Waals surface area contributed by atoms with Gasteiger partial charge in [0, 0.05) is 30.1 Å². The average molecular weight is 553 g/mol. The van der Waals surface area contributed by atoms with E-state index in [1.165, 1.54) is 7.11 Å². The Kier molecular flexibility index (Phi) is 8.30. The number of hydrogen-bond donors (Lipinski definition) is 4. The molecule has 2 aromatic rings. The Balaban J connectivity index is 1.53. The molecule has 10 heteroatoms. The molecular weight excluding hydrogens is 516 g/mol. The number of benzene rings is 2. The van der Waals surface area contributed by atoms with E-state index in [2.05, 4.69) is 5.32 Å². The van der Waals surface area contributed by atoms with Crippen molar-refractivity contribution in [1.29, 1.82) is 0 Å². The van der Waals surface area contributed by atoms with E-state index in [-0.39, 0.29) is 31.6 Å². The summed E-state index contributed by atoms with van der Waals surface area (Å²) in [6.07, 6.45) is 1.78. The molecule has 0 spiro atoms. The van der Waals surface area contributed by atoms with Crippen LogP contribution in [0.1, 0.15) is 35.4 Å². The molecule has 0 aromatic heterocycles. The van der Waals surface area contributed by atoms with Crippen LogP contribution in [-0.4, -0.2) is 84.2 Å². The molecule has 0 saturated heterocycles. The summed E-state index contributed by atoms with van der Waals surface area (Å²) in [5.74, 6) is 0.255. The molecule has 0 radical (unpaired) electrons. The summed E-state index contributed by atoms with van der Waals surface area (Å²) < 4.78 is 17.1. The molecule has 3 aliphatic rings. The van der Waals surface area contributed by atoms with Gasteiger partial charge in [0.25, 0.3) is 0 Å². The van der Waals surface area contributed by atoms with Crippen molar-refractivity contribution in [3.63, 3.8) is 0 Å². The number of aliphatic hydroxyl groups excluding tert-OH is 3. The molecule has 1 aliphatic heterocycles. The van der Waals surface area contributed by atoms with Crippen LogP contribution in [0.5, 0.6) is 17.2 Å². The highest BCUT2D eigenvalue weighted by Gasteiger charge is 2.52. The lowest BCUT2D eigenvalue weighted by Crippen LogP contribution is -2.56. The van der Waals surface area contributed by atoms with Crippen molar-refractivity contribution >= 4 is 11.8 Å². The second-order valence-corrected chi connectivity index (χ2v) is 10.4. The first-order valence-corrected chi connectivity index (χ1v) is 13.6. The first kappa shape index (κ1) is 27.9. The maximum Gasteiger partial charge on any atom is 0.247 e. The molecule has 1 heterocycles. The van der Waals surface area contributed by atoms with Crippen molar-refractivity contribution < 1.29 is 39.1 Å². The van der Waals surface area contributed by atoms with Gasteiger partial charge >= 0.3 is 0 Å². The van der Waals surface area contributed by atoms with E-state index in [0.29, 0.717) is 46.9 Å². The Labute approximate surface area is 233 Å². The van der Waals surface area contributed by atoms with Gasteiger partial charge in [0.15, 0.2) is 11.5 Å². The van der Waals surface area contributed by atoms with Crippen molar-refractivity contribution in [2.24, 2.45) is 5.92 Å². The highest BCUT2D eigenvalue weighted by Crippen LogP contribution is 2.51. The number of hydrogen-bond acceptors (Lipinski definition) is 8. The first-order chi connectivity index (χ1) is 19.4. The topological polar surface area (TPSA) is 138 Å². The minimum atomic E-state index is -1.14. The second-order valence-electron chi connectivity index (χ2n) is 10.4. The SMILES string of the molecule is COc1cccc(CCN(C(=O)C2CC2)[C@@H]2C=C(C(=O)NCCO)[C@@H]3c4cc(CO)cc(OC)c4O[C@@H]3[C@H]2O)c1. The van der Waals surface area contributed by atoms with Gasteiger partial charge in [-0.25, -0.2) is 0 Å². The van der Waals surface area contributed by atoms with Crippen LogP contribution in [0.2, 0.25) is 0 Å². The lowest BCUT2D eigenvalue weighted by molar-refractivity contribution is -0.138. The largest absolute Gasteiger partial charge is 0.497 e. The number of methoxy groups -OCH3 is 2. The fraction of sp³-hybridized carbons (Fsp3) is 0.467. The Hall–Kier alpha value is -3.60. The van der Waals surface area contributed by atoms with Crippen molar-refractivity contribution in [2.45, 2.75) is 50.0 Å². The minimum absolute atomic E-state index is 0.0506. The monoisotopic (exact) mass is 552 g/mol. The lowest BCUT2D eigenvalue weighted by atomic mass is 9.77. The number of amides is 2. The van der Waals surface area contributed by atoms with Crippen LogP contribution >= 0.6 is 0 Å². The third-order valence-corrected chi connectivity index (χ3v) is 7.84. The van der Waals surface area contributed by atoms with Gasteiger partial charge in [0.1, 0.15) is 18.0 Å². The van der Waals surface area contributed by atoms with E-state index in [9.17, 15) is 24.9 Å². The van der Waals surface area contributed by atoms with Crippen LogP contribution in [0.25, 0.3) is 0 Å². The smallest absolute Gasteiger partial charge is 0.247 e. The van der Waals surface area contributed by atoms with E-state index in [1.807, 2.05) is 24.3 Å². The highest BCUT2D eigenvalue weighted by atomic mass is 16.5. The summed E-state index contributed by atoms with van der Waals surface area (Å²) in [7, 11) is 3.09.